The lowest BCUT2D eigenvalue weighted by Crippen LogP contribution is -2.33. The Morgan fingerprint density at radius 3 is 2.59 bits per heavy atom. The number of halogens is 1. The number of methoxy groups -OCH3 is 1. The van der Waals surface area contributed by atoms with Crippen LogP contribution in [-0.2, 0) is 16.0 Å². The predicted molar refractivity (Wildman–Crippen MR) is 140 cm³/mol. The van der Waals surface area contributed by atoms with Crippen LogP contribution in [0.15, 0.2) is 96.4 Å². The van der Waals surface area contributed by atoms with Gasteiger partial charge in [-0.15, -0.1) is 0 Å². The number of hydrogen-bond acceptors (Lipinski definition) is 4. The Kier molecular flexibility index (Phi) is 6.60. The Labute approximate surface area is 213 Å². The number of nitrogens with one attached hydrogen (secondary N) is 1. The number of aliphatic hydroxyl groups is 1. The van der Waals surface area contributed by atoms with Crippen LogP contribution in [0.4, 0.5) is 4.39 Å². The molecule has 2 N–H and O–H groups in total. The van der Waals surface area contributed by atoms with Crippen molar-refractivity contribution < 1.29 is 23.8 Å². The van der Waals surface area contributed by atoms with Gasteiger partial charge in [-0.3, -0.25) is 9.59 Å². The van der Waals surface area contributed by atoms with Crippen molar-refractivity contribution in [2.75, 3.05) is 13.7 Å². The Balaban J connectivity index is 1.46. The number of ketones is 1. The Morgan fingerprint density at radius 1 is 1.11 bits per heavy atom. The van der Waals surface area contributed by atoms with Gasteiger partial charge in [-0.05, 0) is 59.5 Å². The molecule has 1 amide bonds. The quantitative estimate of drug-likeness (QED) is 0.314. The third-order valence-electron chi connectivity index (χ3n) is 6.58. The average Bonchev–Trinajstić information content (AvgIpc) is 3.44. The number of aromatic nitrogens is 1. The summed E-state index contributed by atoms with van der Waals surface area (Å²) in [6, 6.07) is 19.7. The predicted octanol–water partition coefficient (Wildman–Crippen LogP) is 5.54. The van der Waals surface area contributed by atoms with Gasteiger partial charge in [-0.25, -0.2) is 4.39 Å². The minimum Gasteiger partial charge on any atom is -0.503 e. The van der Waals surface area contributed by atoms with Crippen molar-refractivity contribution in [2.45, 2.75) is 12.5 Å². The van der Waals surface area contributed by atoms with E-state index in [2.05, 4.69) is 4.98 Å². The molecule has 1 aliphatic rings. The van der Waals surface area contributed by atoms with E-state index in [1.165, 1.54) is 35.2 Å². The lowest BCUT2D eigenvalue weighted by Gasteiger charge is -2.26. The van der Waals surface area contributed by atoms with Crippen LogP contribution < -0.4 is 4.74 Å². The number of fused-ring (bicyclic) bond motifs is 1. The monoisotopic (exact) mass is 496 g/mol. The highest BCUT2D eigenvalue weighted by Gasteiger charge is 2.42. The standard InChI is InChI=1S/C30H25FN2O4/c1-37-23-12-13-25-24(17-23)21(18-32-25)15-16-33-28(20-8-10-22(31)11-9-20)27(29(35)30(33)36)26(34)14-7-19-5-3-2-4-6-19/h2-14,17-18,28,32,35H,15-16H2,1H3/b14-7+/t28-/m1/s1. The average molecular weight is 497 g/mol. The summed E-state index contributed by atoms with van der Waals surface area (Å²) in [5.41, 5.74) is 3.22. The van der Waals surface area contributed by atoms with Crippen molar-refractivity contribution in [2.24, 2.45) is 0 Å². The molecule has 4 aromatic rings. The summed E-state index contributed by atoms with van der Waals surface area (Å²) < 4.78 is 19.0. The number of allylic oxidation sites excluding steroid dienone is 1. The second kappa shape index (κ2) is 10.1. The van der Waals surface area contributed by atoms with Crippen LogP contribution in [0.25, 0.3) is 17.0 Å². The van der Waals surface area contributed by atoms with Crippen LogP contribution in [0, 0.1) is 5.82 Å². The summed E-state index contributed by atoms with van der Waals surface area (Å²) in [6.07, 6.45) is 5.32. The summed E-state index contributed by atoms with van der Waals surface area (Å²) in [5.74, 6) is -1.42. The van der Waals surface area contributed by atoms with E-state index in [1.54, 1.807) is 13.2 Å². The van der Waals surface area contributed by atoms with Crippen molar-refractivity contribution >= 4 is 28.7 Å². The molecule has 0 unspecified atom stereocenters. The number of carbonyl (C=O) groups excluding carboxylic acids is 2. The van der Waals surface area contributed by atoms with Crippen molar-refractivity contribution in [3.8, 4) is 5.75 Å². The molecule has 1 aliphatic heterocycles. The van der Waals surface area contributed by atoms with E-state index in [0.717, 1.165) is 22.0 Å². The Bertz CT molecular complexity index is 1520. The van der Waals surface area contributed by atoms with Crippen molar-refractivity contribution in [3.63, 3.8) is 0 Å². The molecule has 7 heteroatoms. The van der Waals surface area contributed by atoms with Gasteiger partial charge < -0.3 is 19.7 Å². The fraction of sp³-hybridized carbons (Fsp3) is 0.133. The van der Waals surface area contributed by atoms with Crippen molar-refractivity contribution in [1.29, 1.82) is 0 Å². The molecule has 1 aromatic heterocycles. The lowest BCUT2D eigenvalue weighted by atomic mass is 9.95. The van der Waals surface area contributed by atoms with Gasteiger partial charge in [0.1, 0.15) is 11.6 Å². The van der Waals surface area contributed by atoms with Crippen LogP contribution in [0.5, 0.6) is 5.75 Å². The number of carbonyl (C=O) groups is 2. The zero-order valence-corrected chi connectivity index (χ0v) is 20.1. The molecule has 0 fully saturated rings. The highest BCUT2D eigenvalue weighted by Crippen LogP contribution is 2.38. The number of ether oxygens (including phenoxy) is 1. The number of nitrogens with zero attached hydrogens (tertiary/aromatic N) is 1. The molecule has 6 nitrogen and oxygen atoms in total. The number of benzene rings is 3. The Hall–Kier alpha value is -4.65. The molecule has 37 heavy (non-hydrogen) atoms. The van der Waals surface area contributed by atoms with E-state index >= 15 is 0 Å². The molecular formula is C30H25FN2O4. The number of H-pyrrole nitrogens is 1. The minimum absolute atomic E-state index is 0.0237. The van der Waals surface area contributed by atoms with Gasteiger partial charge in [0.25, 0.3) is 5.91 Å². The maximum Gasteiger partial charge on any atom is 0.290 e. The first-order chi connectivity index (χ1) is 18.0. The number of aliphatic hydroxyl groups excluding tert-OH is 1. The normalized spacial score (nSPS) is 15.8. The van der Waals surface area contributed by atoms with Gasteiger partial charge in [-0.1, -0.05) is 48.5 Å². The first kappa shape index (κ1) is 24.1. The maximum absolute atomic E-state index is 13.7. The summed E-state index contributed by atoms with van der Waals surface area (Å²) in [6.45, 7) is 0.230. The second-order valence-corrected chi connectivity index (χ2v) is 8.80. The van der Waals surface area contributed by atoms with Crippen LogP contribution in [0.2, 0.25) is 0 Å². The summed E-state index contributed by atoms with van der Waals surface area (Å²) in [7, 11) is 1.60. The SMILES string of the molecule is COc1ccc2[nH]cc(CCN3C(=O)C(O)=C(C(=O)/C=C/c4ccccc4)[C@H]3c3ccc(F)cc3)c2c1. The Morgan fingerprint density at radius 2 is 1.86 bits per heavy atom. The molecule has 186 valence electrons. The van der Waals surface area contributed by atoms with Gasteiger partial charge in [0.2, 0.25) is 0 Å². The van der Waals surface area contributed by atoms with E-state index < -0.39 is 29.3 Å². The number of hydrogen-bond donors (Lipinski definition) is 2. The van der Waals surface area contributed by atoms with E-state index in [4.69, 9.17) is 4.74 Å². The summed E-state index contributed by atoms with van der Waals surface area (Å²) >= 11 is 0. The fourth-order valence-electron chi connectivity index (χ4n) is 4.69. The molecule has 0 aliphatic carbocycles. The van der Waals surface area contributed by atoms with E-state index in [-0.39, 0.29) is 12.1 Å². The minimum atomic E-state index is -0.847. The zero-order valence-electron chi connectivity index (χ0n) is 20.1. The van der Waals surface area contributed by atoms with Gasteiger partial charge in [0.15, 0.2) is 11.5 Å². The molecule has 1 atom stereocenters. The highest BCUT2D eigenvalue weighted by molar-refractivity contribution is 6.14. The third kappa shape index (κ3) is 4.76. The lowest BCUT2D eigenvalue weighted by molar-refractivity contribution is -0.129. The molecule has 0 radical (unpaired) electrons. The van der Waals surface area contributed by atoms with Crippen LogP contribution in [-0.4, -0.2) is 40.3 Å². The van der Waals surface area contributed by atoms with Gasteiger partial charge in [0, 0.05) is 23.6 Å². The summed E-state index contributed by atoms with van der Waals surface area (Å²) in [5, 5.41) is 11.8. The summed E-state index contributed by atoms with van der Waals surface area (Å²) in [4.78, 5) is 31.2. The van der Waals surface area contributed by atoms with Gasteiger partial charge >= 0.3 is 0 Å². The first-order valence-electron chi connectivity index (χ1n) is 11.9. The fourth-order valence-corrected chi connectivity index (χ4v) is 4.69. The molecule has 0 spiro atoms. The molecule has 2 heterocycles. The number of aromatic amines is 1. The zero-order chi connectivity index (χ0) is 25.9. The van der Waals surface area contributed by atoms with E-state index in [0.29, 0.717) is 17.7 Å². The van der Waals surface area contributed by atoms with E-state index in [9.17, 15) is 19.1 Å². The van der Waals surface area contributed by atoms with E-state index in [1.807, 2.05) is 54.7 Å². The largest absolute Gasteiger partial charge is 0.503 e. The van der Waals surface area contributed by atoms with Gasteiger partial charge in [0.05, 0.1) is 18.7 Å². The smallest absolute Gasteiger partial charge is 0.290 e. The molecule has 0 saturated heterocycles. The maximum atomic E-state index is 13.7. The molecule has 0 saturated carbocycles. The highest BCUT2D eigenvalue weighted by atomic mass is 19.1. The number of rotatable bonds is 8. The molecular weight excluding hydrogens is 471 g/mol. The molecule has 5 rings (SSSR count). The third-order valence-corrected chi connectivity index (χ3v) is 6.58. The second-order valence-electron chi connectivity index (χ2n) is 8.80. The first-order valence-corrected chi connectivity index (χ1v) is 11.9. The molecule has 3 aromatic carbocycles. The number of amides is 1. The van der Waals surface area contributed by atoms with Crippen molar-refractivity contribution in [3.05, 3.63) is 119 Å². The van der Waals surface area contributed by atoms with Gasteiger partial charge in [-0.2, -0.15) is 0 Å². The van der Waals surface area contributed by atoms with Crippen LogP contribution >= 0.6 is 0 Å². The topological polar surface area (TPSA) is 82.6 Å². The molecule has 0 bridgehead atoms. The van der Waals surface area contributed by atoms with Crippen LogP contribution in [0.3, 0.4) is 0 Å². The van der Waals surface area contributed by atoms with Crippen LogP contribution in [0.1, 0.15) is 22.7 Å². The van der Waals surface area contributed by atoms with Crippen molar-refractivity contribution in [1.82, 2.24) is 9.88 Å².